The second-order valence-corrected chi connectivity index (χ2v) is 14.8. The van der Waals surface area contributed by atoms with Gasteiger partial charge in [0.2, 0.25) is 27.6 Å². The lowest BCUT2D eigenvalue weighted by molar-refractivity contribution is -0.130. The quantitative estimate of drug-likeness (QED) is 0.0767. The smallest absolute Gasteiger partial charge is 0.243 e. The van der Waals surface area contributed by atoms with Gasteiger partial charge in [-0.2, -0.15) is 0 Å². The maximum absolute atomic E-state index is 14.1. The van der Waals surface area contributed by atoms with Crippen molar-refractivity contribution in [1.82, 2.24) is 20.3 Å². The molecule has 10 nitrogen and oxygen atoms in total. The molecule has 0 radical (unpaired) electrons. The third-order valence-electron chi connectivity index (χ3n) is 8.12. The summed E-state index contributed by atoms with van der Waals surface area (Å²) in [5.41, 5.74) is 8.51. The Balaban J connectivity index is 1.40. The number of sulfonamides is 1. The molecule has 1 heterocycles. The molecule has 1 unspecified atom stereocenters. The first kappa shape index (κ1) is 36.5. The predicted molar refractivity (Wildman–Crippen MR) is 197 cm³/mol. The molecule has 0 spiro atoms. The number of amides is 2. The number of ketones is 1. The minimum absolute atomic E-state index is 0.0537. The van der Waals surface area contributed by atoms with Gasteiger partial charge in [-0.05, 0) is 61.1 Å². The number of nitrogens with two attached hydrogens (primary N) is 1. The molecule has 3 atom stereocenters. The molecule has 0 bridgehead atoms. The van der Waals surface area contributed by atoms with E-state index in [1.807, 2.05) is 72.8 Å². The number of Topliss-reactive ketones (excluding diaryl/α,β-unsaturated/α-hetero) is 1. The average molecular weight is 712 g/mol. The van der Waals surface area contributed by atoms with E-state index in [0.717, 1.165) is 15.8 Å². The number of unbranched alkanes of at least 4 members (excludes halogenated alkanes) is 1. The number of benzene rings is 4. The lowest BCUT2D eigenvalue weighted by Crippen LogP contribution is -2.57. The summed E-state index contributed by atoms with van der Waals surface area (Å²) < 4.78 is 30.1. The first-order chi connectivity index (χ1) is 24.2. The molecule has 2 amide bonds. The van der Waals surface area contributed by atoms with Gasteiger partial charge in [0, 0.05) is 6.42 Å². The highest BCUT2D eigenvalue weighted by Gasteiger charge is 2.32. The highest BCUT2D eigenvalue weighted by atomic mass is 32.2. The number of hydrogen-bond acceptors (Lipinski definition) is 8. The third-order valence-corrected chi connectivity index (χ3v) is 10.5. The second kappa shape index (κ2) is 17.8. The van der Waals surface area contributed by atoms with Crippen molar-refractivity contribution < 1.29 is 22.8 Å². The first-order valence-corrected chi connectivity index (χ1v) is 19.0. The summed E-state index contributed by atoms with van der Waals surface area (Å²) in [5.74, 6) is -1.88. The molecular weight excluding hydrogens is 671 g/mol. The number of carbonyl (C=O) groups excluding carboxylic acids is 3. The zero-order valence-corrected chi connectivity index (χ0v) is 29.2. The van der Waals surface area contributed by atoms with Crippen LogP contribution in [0.2, 0.25) is 0 Å². The van der Waals surface area contributed by atoms with Crippen LogP contribution in [-0.4, -0.2) is 55.7 Å². The number of nitrogens with zero attached hydrogens (tertiary/aromatic N) is 1. The fourth-order valence-corrected chi connectivity index (χ4v) is 7.88. The SMILES string of the molecule is NCCCCC(NC(=O)[C@H](Cc1ccccc1)NC(=O)[C@@H](Cc1ccccc1)NS(=O)(=O)Cc1ccccc1)C(=O)c1nc2ccccc2s1. The fraction of sp³-hybridized carbons (Fsp3) is 0.263. The van der Waals surface area contributed by atoms with Crippen molar-refractivity contribution in [2.45, 2.75) is 56.0 Å². The number of hydrogen-bond donors (Lipinski definition) is 4. The van der Waals surface area contributed by atoms with Gasteiger partial charge in [-0.25, -0.2) is 18.1 Å². The molecule has 0 aliphatic carbocycles. The van der Waals surface area contributed by atoms with Gasteiger partial charge >= 0.3 is 0 Å². The third kappa shape index (κ3) is 10.6. The highest BCUT2D eigenvalue weighted by molar-refractivity contribution is 7.88. The molecule has 0 fully saturated rings. The highest BCUT2D eigenvalue weighted by Crippen LogP contribution is 2.23. The van der Waals surface area contributed by atoms with Crippen LogP contribution in [0.5, 0.6) is 0 Å². The van der Waals surface area contributed by atoms with Crippen molar-refractivity contribution in [3.8, 4) is 0 Å². The lowest BCUT2D eigenvalue weighted by Gasteiger charge is -2.25. The van der Waals surface area contributed by atoms with E-state index in [0.29, 0.717) is 36.9 Å². The molecule has 0 saturated carbocycles. The minimum atomic E-state index is -3.97. The molecule has 12 heteroatoms. The number of nitrogens with one attached hydrogen (secondary N) is 3. The number of thiazole rings is 1. The summed E-state index contributed by atoms with van der Waals surface area (Å²) in [6.07, 6.45) is 1.75. The Hall–Kier alpha value is -4.75. The summed E-state index contributed by atoms with van der Waals surface area (Å²) in [4.78, 5) is 46.4. The maximum Gasteiger partial charge on any atom is 0.243 e. The number of aromatic nitrogens is 1. The summed E-state index contributed by atoms with van der Waals surface area (Å²) >= 11 is 1.26. The van der Waals surface area contributed by atoms with Crippen molar-refractivity contribution in [2.75, 3.05) is 6.54 Å². The van der Waals surface area contributed by atoms with Gasteiger partial charge in [0.05, 0.1) is 22.0 Å². The molecule has 1 aromatic heterocycles. The summed E-state index contributed by atoms with van der Waals surface area (Å²) in [7, 11) is -3.97. The van der Waals surface area contributed by atoms with E-state index in [1.165, 1.54) is 11.3 Å². The Labute approximate surface area is 296 Å². The van der Waals surface area contributed by atoms with Gasteiger partial charge in [0.25, 0.3) is 0 Å². The van der Waals surface area contributed by atoms with Crippen molar-refractivity contribution in [2.24, 2.45) is 5.73 Å². The Bertz CT molecular complexity index is 1940. The Morgan fingerprint density at radius 3 is 1.78 bits per heavy atom. The average Bonchev–Trinajstić information content (AvgIpc) is 3.56. The van der Waals surface area contributed by atoms with E-state index >= 15 is 0 Å². The number of carbonyl (C=O) groups is 3. The van der Waals surface area contributed by atoms with Crippen molar-refractivity contribution in [3.05, 3.63) is 137 Å². The first-order valence-electron chi connectivity index (χ1n) is 16.5. The molecule has 0 aliphatic heterocycles. The molecule has 260 valence electrons. The van der Waals surface area contributed by atoms with Gasteiger partial charge in [-0.15, -0.1) is 11.3 Å². The Morgan fingerprint density at radius 1 is 0.660 bits per heavy atom. The van der Waals surface area contributed by atoms with Crippen LogP contribution in [0.15, 0.2) is 115 Å². The van der Waals surface area contributed by atoms with E-state index in [-0.39, 0.29) is 29.4 Å². The Kier molecular flexibility index (Phi) is 13.0. The van der Waals surface area contributed by atoms with Crippen LogP contribution in [0, 0.1) is 0 Å². The maximum atomic E-state index is 14.1. The van der Waals surface area contributed by atoms with Crippen LogP contribution in [0.25, 0.3) is 10.2 Å². The lowest BCUT2D eigenvalue weighted by atomic mass is 10.0. The normalized spacial score (nSPS) is 13.3. The van der Waals surface area contributed by atoms with Gasteiger partial charge in [-0.1, -0.05) is 103 Å². The van der Waals surface area contributed by atoms with Gasteiger partial charge < -0.3 is 16.4 Å². The monoisotopic (exact) mass is 711 g/mol. The zero-order chi connectivity index (χ0) is 35.3. The topological polar surface area (TPSA) is 160 Å². The molecule has 0 saturated heterocycles. The van der Waals surface area contributed by atoms with E-state index in [2.05, 4.69) is 20.3 Å². The molecule has 5 aromatic rings. The fourth-order valence-electron chi connectivity index (χ4n) is 5.58. The summed E-state index contributed by atoms with van der Waals surface area (Å²) in [6, 6.07) is 31.1. The van der Waals surface area contributed by atoms with Crippen LogP contribution < -0.4 is 21.1 Å². The van der Waals surface area contributed by atoms with Crippen LogP contribution in [0.3, 0.4) is 0 Å². The van der Waals surface area contributed by atoms with E-state index in [1.54, 1.807) is 42.5 Å². The van der Waals surface area contributed by atoms with E-state index < -0.39 is 40.0 Å². The van der Waals surface area contributed by atoms with Crippen molar-refractivity contribution in [1.29, 1.82) is 0 Å². The minimum Gasteiger partial charge on any atom is -0.344 e. The number of fused-ring (bicyclic) bond motifs is 1. The van der Waals surface area contributed by atoms with Gasteiger partial charge in [-0.3, -0.25) is 14.4 Å². The molecule has 50 heavy (non-hydrogen) atoms. The number of rotatable bonds is 18. The summed E-state index contributed by atoms with van der Waals surface area (Å²) in [6.45, 7) is 0.436. The van der Waals surface area contributed by atoms with Crippen molar-refractivity contribution in [3.63, 3.8) is 0 Å². The van der Waals surface area contributed by atoms with E-state index in [9.17, 15) is 22.8 Å². The van der Waals surface area contributed by atoms with Gasteiger partial charge in [0.1, 0.15) is 12.1 Å². The van der Waals surface area contributed by atoms with Crippen LogP contribution in [-0.2, 0) is 38.2 Å². The van der Waals surface area contributed by atoms with Gasteiger partial charge in [0.15, 0.2) is 5.01 Å². The van der Waals surface area contributed by atoms with Crippen LogP contribution in [0.4, 0.5) is 0 Å². The molecule has 0 aliphatic rings. The zero-order valence-electron chi connectivity index (χ0n) is 27.5. The molecule has 4 aromatic carbocycles. The second-order valence-electron chi connectivity index (χ2n) is 12.1. The van der Waals surface area contributed by atoms with Crippen LogP contribution >= 0.6 is 11.3 Å². The Morgan fingerprint density at radius 2 is 1.18 bits per heavy atom. The van der Waals surface area contributed by atoms with E-state index in [4.69, 9.17) is 5.73 Å². The summed E-state index contributed by atoms with van der Waals surface area (Å²) in [5, 5.41) is 6.00. The molecule has 5 rings (SSSR count). The van der Waals surface area contributed by atoms with Crippen molar-refractivity contribution >= 4 is 49.2 Å². The molecule has 5 N–H and O–H groups in total. The largest absolute Gasteiger partial charge is 0.344 e. The predicted octanol–water partition coefficient (Wildman–Crippen LogP) is 4.55. The van der Waals surface area contributed by atoms with Crippen LogP contribution in [0.1, 0.15) is 45.8 Å². The standard InChI is InChI=1S/C38H41N5O5S2/c39-23-13-12-21-31(35(44)38-42-30-20-10-11-22-34(30)49-38)40-36(45)32(24-27-14-4-1-5-15-27)41-37(46)33(25-28-16-6-2-7-17-28)43-50(47,48)26-29-18-8-3-9-19-29/h1-11,14-20,22,31-33,43H,12-13,21,23-26,39H2,(H,40,45)(H,41,46)/t31?,32-,33+/m0/s1. The molecular formula is C38H41N5O5S2. The number of para-hydroxylation sites is 1.